The van der Waals surface area contributed by atoms with E-state index >= 15 is 0 Å². The maximum Gasteiger partial charge on any atom is 0.418 e. The van der Waals surface area contributed by atoms with Gasteiger partial charge in [-0.1, -0.05) is 13.3 Å². The SMILES string of the molecule is CCC[C@@H](C(=O)NNC(=O)CC1CCN(C)CC1)N(CC)C(=O)N(C)OS(=O)(=O)O. The molecule has 0 radical (unpaired) electrons. The van der Waals surface area contributed by atoms with Crippen LogP contribution < -0.4 is 10.9 Å². The maximum absolute atomic E-state index is 12.6. The number of likely N-dealkylation sites (N-methyl/N-ethyl adjacent to an activating group) is 1. The smallest absolute Gasteiger partial charge is 0.311 e. The van der Waals surface area contributed by atoms with E-state index in [2.05, 4.69) is 20.0 Å². The number of rotatable bonds is 9. The Bertz CT molecular complexity index is 695. The highest BCUT2D eigenvalue weighted by Crippen LogP contribution is 2.19. The van der Waals surface area contributed by atoms with Crippen LogP contribution in [-0.2, 0) is 24.3 Å². The number of urea groups is 1. The minimum Gasteiger partial charge on any atom is -0.311 e. The zero-order chi connectivity index (χ0) is 22.9. The van der Waals surface area contributed by atoms with Crippen molar-refractivity contribution in [1.82, 2.24) is 25.7 Å². The summed E-state index contributed by atoms with van der Waals surface area (Å²) in [7, 11) is -1.86. The summed E-state index contributed by atoms with van der Waals surface area (Å²) in [5, 5.41) is 0.327. The molecule has 1 atom stereocenters. The molecule has 0 aromatic heterocycles. The number of carbonyl (C=O) groups is 3. The molecule has 0 aromatic rings. The van der Waals surface area contributed by atoms with Crippen molar-refractivity contribution < 1.29 is 31.6 Å². The molecule has 13 heteroatoms. The monoisotopic (exact) mass is 451 g/mol. The lowest BCUT2D eigenvalue weighted by Crippen LogP contribution is -2.56. The van der Waals surface area contributed by atoms with E-state index in [1.807, 2.05) is 14.0 Å². The summed E-state index contributed by atoms with van der Waals surface area (Å²) in [5.41, 5.74) is 4.75. The van der Waals surface area contributed by atoms with E-state index in [1.54, 1.807) is 6.92 Å². The topological polar surface area (TPSA) is 149 Å². The first kappa shape index (κ1) is 26.1. The Morgan fingerprint density at radius 2 is 1.80 bits per heavy atom. The molecule has 0 saturated carbocycles. The van der Waals surface area contributed by atoms with Gasteiger partial charge in [0, 0.05) is 20.0 Å². The van der Waals surface area contributed by atoms with Crippen LogP contribution in [0.2, 0.25) is 0 Å². The second-order valence-corrected chi connectivity index (χ2v) is 8.37. The Labute approximate surface area is 177 Å². The largest absolute Gasteiger partial charge is 0.418 e. The summed E-state index contributed by atoms with van der Waals surface area (Å²) in [6, 6.07) is -1.90. The first-order valence-corrected chi connectivity index (χ1v) is 11.3. The third-order valence-electron chi connectivity index (χ3n) is 4.94. The standard InChI is InChI=1S/C17H33N5O7S/c1-5-7-14(22(6-2)17(25)21(4)29-30(26,27)28)16(24)19-18-15(23)12-13-8-10-20(3)11-9-13/h13-14H,5-12H2,1-4H3,(H,18,23)(H,19,24)(H,26,27,28)/t14-/m0/s1. The number of amides is 4. The van der Waals surface area contributed by atoms with Crippen molar-refractivity contribution in [1.29, 1.82) is 0 Å². The highest BCUT2D eigenvalue weighted by atomic mass is 32.3. The van der Waals surface area contributed by atoms with Crippen molar-refractivity contribution in [3.63, 3.8) is 0 Å². The van der Waals surface area contributed by atoms with Gasteiger partial charge in [-0.05, 0) is 52.2 Å². The molecular weight excluding hydrogens is 418 g/mol. The number of nitrogens with one attached hydrogen (secondary N) is 2. The van der Waals surface area contributed by atoms with Crippen LogP contribution in [0.1, 0.15) is 46.0 Å². The molecule has 174 valence electrons. The highest BCUT2D eigenvalue weighted by molar-refractivity contribution is 7.80. The first-order chi connectivity index (χ1) is 14.0. The summed E-state index contributed by atoms with van der Waals surface area (Å²) in [5.74, 6) is -0.664. The van der Waals surface area contributed by atoms with Crippen LogP contribution in [0, 0.1) is 5.92 Å². The second-order valence-electron chi connectivity index (χ2n) is 7.36. The molecule has 1 aliphatic heterocycles. The summed E-state index contributed by atoms with van der Waals surface area (Å²) < 4.78 is 34.6. The van der Waals surface area contributed by atoms with Crippen LogP contribution in [0.15, 0.2) is 0 Å². The fraction of sp³-hybridized carbons (Fsp3) is 0.824. The fourth-order valence-electron chi connectivity index (χ4n) is 3.34. The van der Waals surface area contributed by atoms with E-state index in [-0.39, 0.29) is 24.8 Å². The Morgan fingerprint density at radius 1 is 1.20 bits per heavy atom. The Morgan fingerprint density at radius 3 is 2.30 bits per heavy atom. The van der Waals surface area contributed by atoms with Crippen molar-refractivity contribution in [3.8, 4) is 0 Å². The number of likely N-dealkylation sites (tertiary alicyclic amines) is 1. The number of nitrogens with zero attached hydrogens (tertiary/aromatic N) is 3. The van der Waals surface area contributed by atoms with Gasteiger partial charge in [0.25, 0.3) is 5.91 Å². The van der Waals surface area contributed by atoms with Crippen LogP contribution in [0.25, 0.3) is 0 Å². The molecule has 1 aliphatic rings. The Balaban J connectivity index is 2.68. The molecule has 0 aromatic carbocycles. The van der Waals surface area contributed by atoms with Gasteiger partial charge in [-0.15, -0.1) is 4.28 Å². The molecule has 0 bridgehead atoms. The van der Waals surface area contributed by atoms with Gasteiger partial charge in [-0.3, -0.25) is 25.0 Å². The second kappa shape index (κ2) is 12.0. The molecule has 1 rings (SSSR count). The molecule has 30 heavy (non-hydrogen) atoms. The van der Waals surface area contributed by atoms with Gasteiger partial charge in [0.05, 0.1) is 0 Å². The molecule has 1 saturated heterocycles. The van der Waals surface area contributed by atoms with E-state index in [0.717, 1.165) is 37.9 Å². The number of hydrogen-bond acceptors (Lipinski definition) is 7. The third-order valence-corrected chi connectivity index (χ3v) is 5.35. The van der Waals surface area contributed by atoms with Crippen molar-refractivity contribution in [2.45, 2.75) is 52.0 Å². The lowest BCUT2D eigenvalue weighted by atomic mass is 9.94. The Hall–Kier alpha value is -1.96. The van der Waals surface area contributed by atoms with Crippen molar-refractivity contribution in [2.75, 3.05) is 33.7 Å². The van der Waals surface area contributed by atoms with Gasteiger partial charge in [0.15, 0.2) is 0 Å². The highest BCUT2D eigenvalue weighted by Gasteiger charge is 2.32. The quantitative estimate of drug-likeness (QED) is 0.331. The fourth-order valence-corrected chi connectivity index (χ4v) is 3.69. The van der Waals surface area contributed by atoms with E-state index < -0.39 is 28.4 Å². The Kier molecular flexibility index (Phi) is 10.5. The van der Waals surface area contributed by atoms with Gasteiger partial charge >= 0.3 is 16.4 Å². The van der Waals surface area contributed by atoms with Crippen LogP contribution >= 0.6 is 0 Å². The zero-order valence-electron chi connectivity index (χ0n) is 18.0. The maximum atomic E-state index is 12.6. The minimum absolute atomic E-state index is 0.0691. The van der Waals surface area contributed by atoms with Gasteiger partial charge in [0.2, 0.25) is 5.91 Å². The summed E-state index contributed by atoms with van der Waals surface area (Å²) in [4.78, 5) is 40.6. The predicted octanol–water partition coefficient (Wildman–Crippen LogP) is 0.143. The number of hydrogen-bond donors (Lipinski definition) is 3. The number of carbonyl (C=O) groups excluding carboxylic acids is 3. The summed E-state index contributed by atoms with van der Waals surface area (Å²) in [6.45, 7) is 5.34. The lowest BCUT2D eigenvalue weighted by molar-refractivity contribution is -0.132. The van der Waals surface area contributed by atoms with Crippen molar-refractivity contribution in [2.24, 2.45) is 5.92 Å². The van der Waals surface area contributed by atoms with Crippen molar-refractivity contribution in [3.05, 3.63) is 0 Å². The number of hydrazine groups is 1. The summed E-state index contributed by atoms with van der Waals surface area (Å²) in [6.07, 6.45) is 2.95. The molecule has 1 heterocycles. The van der Waals surface area contributed by atoms with Gasteiger partial charge < -0.3 is 9.80 Å². The van der Waals surface area contributed by atoms with Gasteiger partial charge in [-0.2, -0.15) is 13.5 Å². The van der Waals surface area contributed by atoms with E-state index in [0.29, 0.717) is 17.9 Å². The van der Waals surface area contributed by atoms with E-state index in [1.165, 1.54) is 0 Å². The van der Waals surface area contributed by atoms with Gasteiger partial charge in [0.1, 0.15) is 6.04 Å². The average Bonchev–Trinajstić information content (AvgIpc) is 2.66. The number of piperidine rings is 1. The molecule has 0 aliphatic carbocycles. The first-order valence-electron chi connectivity index (χ1n) is 9.97. The number of hydroxylamine groups is 2. The lowest BCUT2D eigenvalue weighted by Gasteiger charge is -2.32. The molecule has 0 unspecified atom stereocenters. The summed E-state index contributed by atoms with van der Waals surface area (Å²) >= 11 is 0. The van der Waals surface area contributed by atoms with Gasteiger partial charge in [-0.25, -0.2) is 4.79 Å². The minimum atomic E-state index is -4.89. The molecule has 0 spiro atoms. The predicted molar refractivity (Wildman–Crippen MR) is 108 cm³/mol. The molecular formula is C17H33N5O7S. The average molecular weight is 452 g/mol. The normalized spacial score (nSPS) is 16.6. The molecule has 4 amide bonds. The molecule has 3 N–H and O–H groups in total. The van der Waals surface area contributed by atoms with Crippen LogP contribution in [0.4, 0.5) is 4.79 Å². The third kappa shape index (κ3) is 8.81. The van der Waals surface area contributed by atoms with Crippen LogP contribution in [0.5, 0.6) is 0 Å². The van der Waals surface area contributed by atoms with E-state index in [4.69, 9.17) is 4.55 Å². The van der Waals surface area contributed by atoms with Crippen LogP contribution in [-0.4, -0.2) is 85.5 Å². The molecule has 12 nitrogen and oxygen atoms in total. The molecule has 1 fully saturated rings. The van der Waals surface area contributed by atoms with Crippen LogP contribution in [0.3, 0.4) is 0 Å². The van der Waals surface area contributed by atoms with Crippen molar-refractivity contribution >= 4 is 28.2 Å². The zero-order valence-corrected chi connectivity index (χ0v) is 18.8. The van der Waals surface area contributed by atoms with E-state index in [9.17, 15) is 22.8 Å².